The Hall–Kier alpha value is -1.87. The summed E-state index contributed by atoms with van der Waals surface area (Å²) in [5, 5.41) is 29.8. The lowest BCUT2D eigenvalue weighted by atomic mass is 10.0. The first-order chi connectivity index (χ1) is 17.4. The van der Waals surface area contributed by atoms with Gasteiger partial charge in [-0.15, -0.1) is 11.3 Å². The number of aromatic nitrogens is 2. The second-order valence-corrected chi connectivity index (χ2v) is 12.2. The molecule has 10 nitrogen and oxygen atoms in total. The van der Waals surface area contributed by atoms with E-state index in [1.54, 1.807) is 12.1 Å². The molecule has 198 valence electrons. The topological polar surface area (TPSA) is 165 Å². The molecule has 3 aromatic rings. The third kappa shape index (κ3) is 6.77. The third-order valence-corrected chi connectivity index (χ3v) is 8.32. The highest BCUT2D eigenvalue weighted by Gasteiger charge is 2.35. The average molecular weight is 608 g/mol. The number of nitrogens with two attached hydrogens (primary N) is 1. The summed E-state index contributed by atoms with van der Waals surface area (Å²) in [4.78, 5) is 21.7. The van der Waals surface area contributed by atoms with Crippen LogP contribution in [0, 0.1) is 5.92 Å². The highest BCUT2D eigenvalue weighted by molar-refractivity contribution is 7.84. The molecule has 0 saturated heterocycles. The molecule has 37 heavy (non-hydrogen) atoms. The molecule has 0 bridgehead atoms. The number of rotatable bonds is 9. The zero-order valence-corrected chi connectivity index (χ0v) is 22.7. The number of carbonyl (C=O) groups is 1. The zero-order valence-electron chi connectivity index (χ0n) is 18.8. The van der Waals surface area contributed by atoms with E-state index in [0.29, 0.717) is 27.6 Å². The van der Waals surface area contributed by atoms with Gasteiger partial charge in [0, 0.05) is 39.3 Å². The molecule has 4 rings (SSSR count). The normalized spacial score (nSPS) is 20.6. The number of carbonyl (C=O) groups excluding carboxylic acids is 1. The summed E-state index contributed by atoms with van der Waals surface area (Å²) in [6, 6.07) is 5.83. The van der Waals surface area contributed by atoms with E-state index in [0.717, 1.165) is 11.3 Å². The van der Waals surface area contributed by atoms with E-state index in [4.69, 9.17) is 39.9 Å². The lowest BCUT2D eigenvalue weighted by Gasteiger charge is -2.15. The van der Waals surface area contributed by atoms with Crippen LogP contribution in [0.1, 0.15) is 45.3 Å². The van der Waals surface area contributed by atoms with Crippen LogP contribution >= 0.6 is 46.1 Å². The standard InChI is InChI=1S/C22H21Cl3N4O6S2/c23-11-1-2-16(24)13(4-11)19(31)14-6-18(36-21(14)25)20(32)15-7-27-9-28-22(15)29-12-3-10(17(30)5-12)8-35-37(26,33)34/h1-2,4,6-7,9-10,12,17,19,30-31H,3,5,8H2,(H2,26,33,34)(H,27,28,29)/t10-,12-,17+,19-/m1/s1. The number of thiophene rings is 1. The largest absolute Gasteiger partial charge is 0.393 e. The Morgan fingerprint density at radius 1 is 1.24 bits per heavy atom. The summed E-state index contributed by atoms with van der Waals surface area (Å²) in [5.41, 5.74) is 0.794. The van der Waals surface area contributed by atoms with Crippen molar-refractivity contribution in [3.63, 3.8) is 0 Å². The van der Waals surface area contributed by atoms with Crippen LogP contribution in [0.3, 0.4) is 0 Å². The van der Waals surface area contributed by atoms with Crippen molar-refractivity contribution in [3.05, 3.63) is 72.7 Å². The molecule has 5 N–H and O–H groups in total. The van der Waals surface area contributed by atoms with Crippen molar-refractivity contribution >= 4 is 68.0 Å². The fraction of sp³-hybridized carbons (Fsp3) is 0.318. The summed E-state index contributed by atoms with van der Waals surface area (Å²) < 4.78 is 27.0. The quantitative estimate of drug-likeness (QED) is 0.266. The van der Waals surface area contributed by atoms with E-state index in [1.807, 2.05) is 0 Å². The van der Waals surface area contributed by atoms with E-state index >= 15 is 0 Å². The highest BCUT2D eigenvalue weighted by atomic mass is 35.5. The summed E-state index contributed by atoms with van der Waals surface area (Å²) in [6.07, 6.45) is 1.20. The molecular formula is C22H21Cl3N4O6S2. The molecule has 1 aliphatic carbocycles. The summed E-state index contributed by atoms with van der Waals surface area (Å²) in [6.45, 7) is -0.261. The predicted octanol–water partition coefficient (Wildman–Crippen LogP) is 3.58. The van der Waals surface area contributed by atoms with Crippen LogP contribution in [0.4, 0.5) is 5.82 Å². The monoisotopic (exact) mass is 606 g/mol. The average Bonchev–Trinajstić information content (AvgIpc) is 3.40. The van der Waals surface area contributed by atoms with Gasteiger partial charge in [0.05, 0.1) is 27.5 Å². The van der Waals surface area contributed by atoms with Gasteiger partial charge in [0.25, 0.3) is 0 Å². The van der Waals surface area contributed by atoms with Crippen molar-refractivity contribution in [3.8, 4) is 0 Å². The molecule has 1 saturated carbocycles. The predicted molar refractivity (Wildman–Crippen MR) is 141 cm³/mol. The van der Waals surface area contributed by atoms with Crippen LogP contribution in [0.2, 0.25) is 14.4 Å². The fourth-order valence-corrected chi connectivity index (χ4v) is 6.13. The Morgan fingerprint density at radius 3 is 2.73 bits per heavy atom. The second kappa shape index (κ2) is 11.5. The minimum Gasteiger partial charge on any atom is -0.393 e. The van der Waals surface area contributed by atoms with Crippen molar-refractivity contribution in [1.82, 2.24) is 9.97 Å². The van der Waals surface area contributed by atoms with E-state index in [-0.39, 0.29) is 39.7 Å². The first kappa shape index (κ1) is 28.1. The minimum absolute atomic E-state index is 0.154. The number of aliphatic hydroxyl groups is 2. The smallest absolute Gasteiger partial charge is 0.333 e. The number of benzene rings is 1. The van der Waals surface area contributed by atoms with Gasteiger partial charge in [0.1, 0.15) is 18.2 Å². The maximum atomic E-state index is 13.4. The van der Waals surface area contributed by atoms with Gasteiger partial charge < -0.3 is 15.5 Å². The number of aliphatic hydroxyl groups excluding tert-OH is 2. The number of hydrogen-bond donors (Lipinski definition) is 4. The van der Waals surface area contributed by atoms with Crippen LogP contribution in [0.15, 0.2) is 36.8 Å². The molecular weight excluding hydrogens is 587 g/mol. The van der Waals surface area contributed by atoms with Crippen molar-refractivity contribution in [2.24, 2.45) is 11.1 Å². The van der Waals surface area contributed by atoms with Gasteiger partial charge in [0.2, 0.25) is 5.78 Å². The van der Waals surface area contributed by atoms with Gasteiger partial charge in [-0.2, -0.15) is 8.42 Å². The number of anilines is 1. The summed E-state index contributed by atoms with van der Waals surface area (Å²) >= 11 is 19.6. The first-order valence-corrected chi connectivity index (χ1v) is 14.2. The molecule has 0 radical (unpaired) electrons. The van der Waals surface area contributed by atoms with E-state index in [9.17, 15) is 23.4 Å². The molecule has 1 aromatic carbocycles. The molecule has 0 spiro atoms. The summed E-state index contributed by atoms with van der Waals surface area (Å²) in [7, 11) is -4.13. The van der Waals surface area contributed by atoms with Crippen molar-refractivity contribution in [2.75, 3.05) is 11.9 Å². The molecule has 1 fully saturated rings. The van der Waals surface area contributed by atoms with Gasteiger partial charge >= 0.3 is 10.3 Å². The minimum atomic E-state index is -4.13. The first-order valence-electron chi connectivity index (χ1n) is 10.8. The number of ketones is 1. The van der Waals surface area contributed by atoms with Crippen LogP contribution in [0.5, 0.6) is 0 Å². The van der Waals surface area contributed by atoms with Crippen LogP contribution in [-0.4, -0.2) is 53.1 Å². The molecule has 0 aliphatic heterocycles. The number of halogens is 3. The number of hydrogen-bond acceptors (Lipinski definition) is 10. The number of nitrogens with one attached hydrogen (secondary N) is 1. The van der Waals surface area contributed by atoms with Crippen molar-refractivity contribution in [2.45, 2.75) is 31.1 Å². The summed E-state index contributed by atoms with van der Waals surface area (Å²) in [5.74, 6) is -0.678. The maximum absolute atomic E-state index is 13.4. The molecule has 4 atom stereocenters. The molecule has 1 aliphatic rings. The molecule has 2 aromatic heterocycles. The molecule has 0 unspecified atom stereocenters. The second-order valence-electron chi connectivity index (χ2n) is 8.44. The third-order valence-electron chi connectivity index (χ3n) is 5.89. The Balaban J connectivity index is 1.53. The SMILES string of the molecule is NS(=O)(=O)OC[C@H]1C[C@@H](Nc2ncncc2C(=O)c2cc([C@H](O)c3cc(Cl)ccc3Cl)c(Cl)s2)C[C@@H]1O. The Bertz CT molecular complexity index is 1420. The Kier molecular flexibility index (Phi) is 8.73. The lowest BCUT2D eigenvalue weighted by molar-refractivity contribution is 0.101. The zero-order chi connectivity index (χ0) is 26.9. The van der Waals surface area contributed by atoms with Gasteiger partial charge in [-0.3, -0.25) is 8.98 Å². The fourth-order valence-electron chi connectivity index (χ4n) is 4.09. The van der Waals surface area contributed by atoms with Crippen molar-refractivity contribution < 1.29 is 27.6 Å². The van der Waals surface area contributed by atoms with Crippen LogP contribution in [0.25, 0.3) is 0 Å². The Morgan fingerprint density at radius 2 is 2.00 bits per heavy atom. The van der Waals surface area contributed by atoms with E-state index in [2.05, 4.69) is 19.5 Å². The van der Waals surface area contributed by atoms with Crippen LogP contribution < -0.4 is 10.5 Å². The van der Waals surface area contributed by atoms with Crippen LogP contribution in [-0.2, 0) is 14.5 Å². The Labute approximate surface area is 231 Å². The lowest BCUT2D eigenvalue weighted by Crippen LogP contribution is -2.24. The maximum Gasteiger partial charge on any atom is 0.333 e. The van der Waals surface area contributed by atoms with Gasteiger partial charge in [-0.1, -0.05) is 34.8 Å². The van der Waals surface area contributed by atoms with Gasteiger partial charge in [-0.25, -0.2) is 15.1 Å². The highest BCUT2D eigenvalue weighted by Crippen LogP contribution is 2.39. The molecule has 2 heterocycles. The number of nitrogens with zero attached hydrogens (tertiary/aromatic N) is 2. The van der Waals surface area contributed by atoms with E-state index in [1.165, 1.54) is 24.7 Å². The molecule has 15 heteroatoms. The van der Waals surface area contributed by atoms with Gasteiger partial charge in [0.15, 0.2) is 0 Å². The van der Waals surface area contributed by atoms with E-state index < -0.39 is 34.2 Å². The van der Waals surface area contributed by atoms with Crippen molar-refractivity contribution in [1.29, 1.82) is 0 Å². The van der Waals surface area contributed by atoms with Gasteiger partial charge in [-0.05, 0) is 37.1 Å². The molecule has 0 amide bonds.